The van der Waals surface area contributed by atoms with E-state index in [9.17, 15) is 0 Å². The number of hydrogen-bond acceptors (Lipinski definition) is 2. The van der Waals surface area contributed by atoms with Gasteiger partial charge in [0.2, 0.25) is 0 Å². The van der Waals surface area contributed by atoms with Gasteiger partial charge in [-0.1, -0.05) is 27.2 Å². The Kier molecular flexibility index (Phi) is 3.22. The average molecular weight is 221 g/mol. The van der Waals surface area contributed by atoms with Gasteiger partial charge in [0.05, 0.1) is 5.69 Å². The lowest BCUT2D eigenvalue weighted by Crippen LogP contribution is -2.19. The van der Waals surface area contributed by atoms with Crippen LogP contribution in [0, 0.1) is 5.92 Å². The van der Waals surface area contributed by atoms with E-state index in [0.717, 1.165) is 30.4 Å². The molecule has 2 atom stereocenters. The molecular weight excluding hydrogens is 198 g/mol. The quantitative estimate of drug-likeness (QED) is 0.852. The van der Waals surface area contributed by atoms with Crippen molar-refractivity contribution in [3.05, 3.63) is 11.5 Å². The molecule has 2 unspecified atom stereocenters. The van der Waals surface area contributed by atoms with Crippen molar-refractivity contribution < 1.29 is 0 Å². The number of aryl methyl sites for hydroxylation is 1. The largest absolute Gasteiger partial charge is 0.384 e. The number of nitrogens with zero attached hydrogens (tertiary/aromatic N) is 2. The second-order valence-corrected chi connectivity index (χ2v) is 5.24. The third-order valence-electron chi connectivity index (χ3n) is 3.66. The number of nitrogens with two attached hydrogens (primary N) is 1. The number of hydrogen-bond donors (Lipinski definition) is 1. The molecule has 0 aromatic carbocycles. The summed E-state index contributed by atoms with van der Waals surface area (Å²) in [5.41, 5.74) is 7.35. The Morgan fingerprint density at radius 1 is 1.56 bits per heavy atom. The molecule has 90 valence electrons. The van der Waals surface area contributed by atoms with Crippen molar-refractivity contribution >= 4 is 5.82 Å². The zero-order chi connectivity index (χ0) is 11.7. The molecule has 2 N–H and O–H groups in total. The lowest BCUT2D eigenvalue weighted by atomic mass is 10.0. The molecule has 1 aliphatic rings. The summed E-state index contributed by atoms with van der Waals surface area (Å²) in [6.07, 6.45) is 4.71. The van der Waals surface area contributed by atoms with Crippen LogP contribution in [0.4, 0.5) is 5.82 Å². The first-order valence-corrected chi connectivity index (χ1v) is 6.48. The molecule has 0 amide bonds. The van der Waals surface area contributed by atoms with E-state index in [1.165, 1.54) is 25.1 Å². The van der Waals surface area contributed by atoms with Crippen LogP contribution in [0.15, 0.2) is 0 Å². The first-order valence-electron chi connectivity index (χ1n) is 6.48. The Morgan fingerprint density at radius 3 is 3.00 bits per heavy atom. The van der Waals surface area contributed by atoms with Gasteiger partial charge in [0.1, 0.15) is 11.6 Å². The third-order valence-corrected chi connectivity index (χ3v) is 3.66. The zero-order valence-corrected chi connectivity index (χ0v) is 10.7. The van der Waals surface area contributed by atoms with Gasteiger partial charge in [0.15, 0.2) is 0 Å². The Balaban J connectivity index is 2.28. The van der Waals surface area contributed by atoms with Crippen molar-refractivity contribution in [2.75, 3.05) is 5.73 Å². The van der Waals surface area contributed by atoms with E-state index < -0.39 is 0 Å². The zero-order valence-electron chi connectivity index (χ0n) is 10.7. The summed E-state index contributed by atoms with van der Waals surface area (Å²) >= 11 is 0. The Morgan fingerprint density at radius 2 is 2.31 bits per heavy atom. The van der Waals surface area contributed by atoms with Crippen molar-refractivity contribution in [3.8, 4) is 0 Å². The molecule has 1 aromatic rings. The summed E-state index contributed by atoms with van der Waals surface area (Å²) in [6.45, 7) is 7.78. The molecule has 0 bridgehead atoms. The summed E-state index contributed by atoms with van der Waals surface area (Å²) in [7, 11) is 0. The maximum absolute atomic E-state index is 6.22. The van der Waals surface area contributed by atoms with Gasteiger partial charge < -0.3 is 10.3 Å². The standard InChI is InChI=1S/C13H23N3/c1-4-5-10(3)12-13(14)16-8-9(2)6-7-11(16)15-12/h9-10H,4-8,14H2,1-3H3. The van der Waals surface area contributed by atoms with E-state index >= 15 is 0 Å². The maximum Gasteiger partial charge on any atom is 0.127 e. The van der Waals surface area contributed by atoms with Crippen LogP contribution in [0.3, 0.4) is 0 Å². The molecule has 0 aliphatic carbocycles. The predicted octanol–water partition coefficient (Wildman–Crippen LogP) is 2.95. The van der Waals surface area contributed by atoms with Crippen molar-refractivity contribution in [3.63, 3.8) is 0 Å². The minimum atomic E-state index is 0.499. The van der Waals surface area contributed by atoms with E-state index in [1.54, 1.807) is 0 Å². The first kappa shape index (κ1) is 11.5. The third kappa shape index (κ3) is 1.95. The summed E-state index contributed by atoms with van der Waals surface area (Å²) in [6, 6.07) is 0. The van der Waals surface area contributed by atoms with Crippen LogP contribution in [0.2, 0.25) is 0 Å². The monoisotopic (exact) mass is 221 g/mol. The van der Waals surface area contributed by atoms with Gasteiger partial charge in [0.25, 0.3) is 0 Å². The van der Waals surface area contributed by atoms with Crippen LogP contribution >= 0.6 is 0 Å². The molecule has 3 heteroatoms. The van der Waals surface area contributed by atoms with Crippen LogP contribution in [0.5, 0.6) is 0 Å². The number of nitrogen functional groups attached to an aromatic ring is 1. The van der Waals surface area contributed by atoms with Crippen LogP contribution < -0.4 is 5.73 Å². The van der Waals surface area contributed by atoms with Gasteiger partial charge >= 0.3 is 0 Å². The van der Waals surface area contributed by atoms with Crippen molar-refractivity contribution in [2.45, 2.75) is 58.9 Å². The number of imidazole rings is 1. The van der Waals surface area contributed by atoms with Crippen LogP contribution in [0.1, 0.15) is 57.5 Å². The van der Waals surface area contributed by atoms with Crippen LogP contribution in [-0.4, -0.2) is 9.55 Å². The van der Waals surface area contributed by atoms with Gasteiger partial charge in [-0.15, -0.1) is 0 Å². The highest BCUT2D eigenvalue weighted by molar-refractivity contribution is 5.41. The smallest absolute Gasteiger partial charge is 0.127 e. The van der Waals surface area contributed by atoms with E-state index in [1.807, 2.05) is 0 Å². The fraction of sp³-hybridized carbons (Fsp3) is 0.769. The van der Waals surface area contributed by atoms with Crippen molar-refractivity contribution in [1.82, 2.24) is 9.55 Å². The molecule has 2 rings (SSSR count). The number of rotatable bonds is 3. The van der Waals surface area contributed by atoms with E-state index in [-0.39, 0.29) is 0 Å². The van der Waals surface area contributed by atoms with E-state index in [0.29, 0.717) is 5.92 Å². The van der Waals surface area contributed by atoms with Gasteiger partial charge in [-0.25, -0.2) is 4.98 Å². The minimum absolute atomic E-state index is 0.499. The fourth-order valence-electron chi connectivity index (χ4n) is 2.64. The van der Waals surface area contributed by atoms with Gasteiger partial charge in [-0.05, 0) is 18.8 Å². The Labute approximate surface area is 98.1 Å². The lowest BCUT2D eigenvalue weighted by molar-refractivity contribution is 0.397. The molecule has 0 fully saturated rings. The maximum atomic E-state index is 6.22. The molecule has 3 nitrogen and oxygen atoms in total. The highest BCUT2D eigenvalue weighted by atomic mass is 15.2. The summed E-state index contributed by atoms with van der Waals surface area (Å²) in [5, 5.41) is 0. The molecule has 0 saturated carbocycles. The summed E-state index contributed by atoms with van der Waals surface area (Å²) in [5.74, 6) is 3.35. The highest BCUT2D eigenvalue weighted by Gasteiger charge is 2.23. The molecule has 0 saturated heterocycles. The second kappa shape index (κ2) is 4.48. The van der Waals surface area contributed by atoms with E-state index in [2.05, 4.69) is 25.3 Å². The molecule has 1 aliphatic heterocycles. The Hall–Kier alpha value is -0.990. The molecule has 0 spiro atoms. The minimum Gasteiger partial charge on any atom is -0.384 e. The Bertz CT molecular complexity index is 367. The highest BCUT2D eigenvalue weighted by Crippen LogP contribution is 2.30. The van der Waals surface area contributed by atoms with E-state index in [4.69, 9.17) is 10.7 Å². The molecular formula is C13H23N3. The SMILES string of the molecule is CCCC(C)c1nc2n(c1N)CC(C)CC2. The normalized spacial score (nSPS) is 21.8. The topological polar surface area (TPSA) is 43.8 Å². The number of anilines is 1. The average Bonchev–Trinajstić information content (AvgIpc) is 2.57. The molecule has 1 aromatic heterocycles. The van der Waals surface area contributed by atoms with Crippen molar-refractivity contribution in [2.24, 2.45) is 5.92 Å². The van der Waals surface area contributed by atoms with Crippen LogP contribution in [0.25, 0.3) is 0 Å². The molecule has 2 heterocycles. The molecule has 0 radical (unpaired) electrons. The number of fused-ring (bicyclic) bond motifs is 1. The predicted molar refractivity (Wildman–Crippen MR) is 67.4 cm³/mol. The van der Waals surface area contributed by atoms with Crippen LogP contribution in [-0.2, 0) is 13.0 Å². The fourth-order valence-corrected chi connectivity index (χ4v) is 2.64. The summed E-state index contributed by atoms with van der Waals surface area (Å²) < 4.78 is 2.23. The van der Waals surface area contributed by atoms with Gasteiger partial charge in [-0.3, -0.25) is 0 Å². The van der Waals surface area contributed by atoms with Crippen molar-refractivity contribution in [1.29, 1.82) is 0 Å². The lowest BCUT2D eigenvalue weighted by Gasteiger charge is -2.20. The van der Waals surface area contributed by atoms with Gasteiger partial charge in [-0.2, -0.15) is 0 Å². The second-order valence-electron chi connectivity index (χ2n) is 5.24. The first-order chi connectivity index (χ1) is 7.63. The molecule has 16 heavy (non-hydrogen) atoms. The number of aromatic nitrogens is 2. The summed E-state index contributed by atoms with van der Waals surface area (Å²) in [4.78, 5) is 4.74. The van der Waals surface area contributed by atoms with Gasteiger partial charge in [0, 0.05) is 18.9 Å².